The molecule has 2 atom stereocenters. The molecule has 3 N–H and O–H groups in total. The zero-order valence-corrected chi connectivity index (χ0v) is 17.8. The topological polar surface area (TPSA) is 83.9 Å². The Morgan fingerprint density at radius 2 is 1.90 bits per heavy atom. The Balaban J connectivity index is 1.59. The minimum absolute atomic E-state index is 0.01000. The van der Waals surface area contributed by atoms with Gasteiger partial charge in [0.1, 0.15) is 17.6 Å². The molecule has 4 rings (SSSR count). The highest BCUT2D eigenvalue weighted by Crippen LogP contribution is 2.34. The molecule has 0 saturated heterocycles. The van der Waals surface area contributed by atoms with Crippen molar-refractivity contribution in [1.29, 1.82) is 0 Å². The second kappa shape index (κ2) is 8.18. The van der Waals surface area contributed by atoms with Gasteiger partial charge in [-0.3, -0.25) is 4.79 Å². The summed E-state index contributed by atoms with van der Waals surface area (Å²) in [4.78, 5) is 21.7. The lowest BCUT2D eigenvalue weighted by molar-refractivity contribution is -0.117. The van der Waals surface area contributed by atoms with Crippen molar-refractivity contribution in [3.8, 4) is 5.69 Å². The van der Waals surface area contributed by atoms with Crippen LogP contribution in [0.3, 0.4) is 0 Å². The fraction of sp³-hybridized carbons (Fsp3) is 0.348. The Hall–Kier alpha value is -3.35. The van der Waals surface area contributed by atoms with E-state index in [1.165, 1.54) is 0 Å². The number of anilines is 3. The van der Waals surface area contributed by atoms with E-state index in [1.807, 2.05) is 37.5 Å². The van der Waals surface area contributed by atoms with E-state index in [2.05, 4.69) is 69.5 Å². The van der Waals surface area contributed by atoms with Gasteiger partial charge < -0.3 is 20.5 Å². The molecule has 1 aliphatic rings. The van der Waals surface area contributed by atoms with Gasteiger partial charge in [-0.15, -0.1) is 0 Å². The van der Waals surface area contributed by atoms with Crippen molar-refractivity contribution >= 4 is 23.2 Å². The molecular formula is C23H28N6O. The molecule has 0 spiro atoms. The molecule has 0 fully saturated rings. The molecule has 3 heterocycles. The van der Waals surface area contributed by atoms with Crippen LogP contribution in [0.5, 0.6) is 0 Å². The first-order valence-electron chi connectivity index (χ1n) is 10.4. The molecular weight excluding hydrogens is 376 g/mol. The molecule has 30 heavy (non-hydrogen) atoms. The first-order chi connectivity index (χ1) is 14.4. The van der Waals surface area contributed by atoms with Crippen LogP contribution >= 0.6 is 0 Å². The zero-order valence-electron chi connectivity index (χ0n) is 17.8. The third kappa shape index (κ3) is 4.15. The number of aromatic nitrogens is 3. The summed E-state index contributed by atoms with van der Waals surface area (Å²) >= 11 is 0. The number of hydrogen-bond acceptors (Lipinski definition) is 5. The zero-order chi connectivity index (χ0) is 21.3. The van der Waals surface area contributed by atoms with Gasteiger partial charge in [0, 0.05) is 18.1 Å². The van der Waals surface area contributed by atoms with Crippen LogP contribution in [0, 0.1) is 12.8 Å². The smallest absolute Gasteiger partial charge is 0.247 e. The lowest BCUT2D eigenvalue weighted by Crippen LogP contribution is -2.40. The van der Waals surface area contributed by atoms with Crippen LogP contribution in [0.2, 0.25) is 0 Å². The van der Waals surface area contributed by atoms with Gasteiger partial charge in [0.05, 0.1) is 6.04 Å². The Kier molecular flexibility index (Phi) is 5.44. The van der Waals surface area contributed by atoms with E-state index in [1.54, 1.807) is 0 Å². The standard InChI is InChI=1S/C23H28N6O/c1-14(2)12-19-23(30)28-20-21(25-16(4)26-22(20)27-19)24-15(3)17-8-7-9-18(13-17)29-10-5-6-11-29/h5-11,13-15,19H,12H2,1-4H3,(H,28,30)(H2,24,25,26,27). The molecule has 7 heteroatoms. The summed E-state index contributed by atoms with van der Waals surface area (Å²) in [6, 6.07) is 12.1. The lowest BCUT2D eigenvalue weighted by Gasteiger charge is -2.29. The van der Waals surface area contributed by atoms with E-state index in [-0.39, 0.29) is 18.0 Å². The van der Waals surface area contributed by atoms with Crippen LogP contribution in [-0.4, -0.2) is 26.5 Å². The number of amides is 1. The summed E-state index contributed by atoms with van der Waals surface area (Å²) < 4.78 is 2.08. The molecule has 2 aromatic heterocycles. The van der Waals surface area contributed by atoms with E-state index >= 15 is 0 Å². The van der Waals surface area contributed by atoms with Gasteiger partial charge in [-0.1, -0.05) is 26.0 Å². The Morgan fingerprint density at radius 3 is 2.63 bits per heavy atom. The maximum atomic E-state index is 12.6. The minimum Gasteiger partial charge on any atom is -0.362 e. The summed E-state index contributed by atoms with van der Waals surface area (Å²) in [5, 5.41) is 9.76. The first kappa shape index (κ1) is 19.9. The number of carbonyl (C=O) groups is 1. The number of fused-ring (bicyclic) bond motifs is 1. The Labute approximate surface area is 176 Å². The van der Waals surface area contributed by atoms with Crippen molar-refractivity contribution in [2.24, 2.45) is 5.92 Å². The number of benzene rings is 1. The predicted molar refractivity (Wildman–Crippen MR) is 120 cm³/mol. The number of hydrogen-bond donors (Lipinski definition) is 3. The highest BCUT2D eigenvalue weighted by Gasteiger charge is 2.30. The summed E-state index contributed by atoms with van der Waals surface area (Å²) in [6.07, 6.45) is 4.80. The Morgan fingerprint density at radius 1 is 1.13 bits per heavy atom. The van der Waals surface area contributed by atoms with E-state index in [0.717, 1.165) is 17.7 Å². The summed E-state index contributed by atoms with van der Waals surface area (Å²) in [5.41, 5.74) is 2.83. The molecule has 0 bridgehead atoms. The minimum atomic E-state index is -0.282. The first-order valence-corrected chi connectivity index (χ1v) is 10.4. The van der Waals surface area contributed by atoms with E-state index in [9.17, 15) is 4.79 Å². The van der Waals surface area contributed by atoms with Gasteiger partial charge in [-0.2, -0.15) is 0 Å². The molecule has 0 aliphatic carbocycles. The molecule has 1 aromatic carbocycles. The van der Waals surface area contributed by atoms with Gasteiger partial charge in [0.15, 0.2) is 11.6 Å². The maximum absolute atomic E-state index is 12.6. The van der Waals surface area contributed by atoms with Crippen molar-refractivity contribution in [2.75, 3.05) is 16.0 Å². The number of rotatable bonds is 6. The van der Waals surface area contributed by atoms with E-state index in [4.69, 9.17) is 0 Å². The largest absolute Gasteiger partial charge is 0.362 e. The third-order valence-corrected chi connectivity index (χ3v) is 5.23. The molecule has 7 nitrogen and oxygen atoms in total. The van der Waals surface area contributed by atoms with Crippen molar-refractivity contribution in [2.45, 2.75) is 46.2 Å². The number of nitrogens with one attached hydrogen (secondary N) is 3. The quantitative estimate of drug-likeness (QED) is 0.562. The molecule has 1 aliphatic heterocycles. The van der Waals surface area contributed by atoms with Crippen LogP contribution in [0.25, 0.3) is 5.69 Å². The monoisotopic (exact) mass is 404 g/mol. The van der Waals surface area contributed by atoms with Crippen molar-refractivity contribution < 1.29 is 4.79 Å². The normalized spacial score (nSPS) is 16.6. The van der Waals surface area contributed by atoms with Gasteiger partial charge in [0.2, 0.25) is 5.91 Å². The van der Waals surface area contributed by atoms with Gasteiger partial charge in [-0.25, -0.2) is 9.97 Å². The molecule has 2 unspecified atom stereocenters. The summed E-state index contributed by atoms with van der Waals surface area (Å²) in [5.74, 6) is 2.30. The average molecular weight is 405 g/mol. The predicted octanol–water partition coefficient (Wildman–Crippen LogP) is 4.53. The van der Waals surface area contributed by atoms with Crippen LogP contribution in [0.15, 0.2) is 48.8 Å². The van der Waals surface area contributed by atoms with Gasteiger partial charge >= 0.3 is 0 Å². The Bertz CT molecular complexity index is 1040. The number of carbonyl (C=O) groups excluding carboxylic acids is 1. The second-order valence-electron chi connectivity index (χ2n) is 8.21. The van der Waals surface area contributed by atoms with Crippen LogP contribution < -0.4 is 16.0 Å². The van der Waals surface area contributed by atoms with Crippen molar-refractivity contribution in [3.05, 3.63) is 60.2 Å². The van der Waals surface area contributed by atoms with E-state index in [0.29, 0.717) is 29.1 Å². The average Bonchev–Trinajstić information content (AvgIpc) is 3.24. The number of aryl methyl sites for hydroxylation is 1. The molecule has 0 saturated carbocycles. The van der Waals surface area contributed by atoms with Crippen LogP contribution in [0.4, 0.5) is 17.3 Å². The SMILES string of the molecule is Cc1nc2c(c(NC(C)c3cccc(-n4cccc4)c3)n1)NC(=O)C(CC(C)C)N2. The number of nitrogens with zero attached hydrogens (tertiary/aromatic N) is 3. The van der Waals surface area contributed by atoms with Crippen LogP contribution in [0.1, 0.15) is 44.6 Å². The summed E-state index contributed by atoms with van der Waals surface area (Å²) in [6.45, 7) is 8.15. The highest BCUT2D eigenvalue weighted by atomic mass is 16.2. The van der Waals surface area contributed by atoms with Gasteiger partial charge in [-0.05, 0) is 56.0 Å². The second-order valence-corrected chi connectivity index (χ2v) is 8.21. The molecule has 156 valence electrons. The fourth-order valence-corrected chi connectivity index (χ4v) is 3.73. The van der Waals surface area contributed by atoms with Crippen molar-refractivity contribution in [1.82, 2.24) is 14.5 Å². The molecule has 3 aromatic rings. The third-order valence-electron chi connectivity index (χ3n) is 5.23. The lowest BCUT2D eigenvalue weighted by atomic mass is 10.0. The molecule has 1 amide bonds. The van der Waals surface area contributed by atoms with Crippen LogP contribution in [-0.2, 0) is 4.79 Å². The highest BCUT2D eigenvalue weighted by molar-refractivity contribution is 6.04. The van der Waals surface area contributed by atoms with E-state index < -0.39 is 0 Å². The molecule has 0 radical (unpaired) electrons. The fourth-order valence-electron chi connectivity index (χ4n) is 3.73. The summed E-state index contributed by atoms with van der Waals surface area (Å²) in [7, 11) is 0. The van der Waals surface area contributed by atoms with Crippen molar-refractivity contribution in [3.63, 3.8) is 0 Å². The maximum Gasteiger partial charge on any atom is 0.247 e. The van der Waals surface area contributed by atoms with Gasteiger partial charge in [0.25, 0.3) is 0 Å².